The van der Waals surface area contributed by atoms with E-state index in [0.717, 1.165) is 30.6 Å². The number of rotatable bonds is 6. The molecular weight excluding hydrogens is 400 g/mol. The quantitative estimate of drug-likeness (QED) is 0.762. The molecule has 0 radical (unpaired) electrons. The van der Waals surface area contributed by atoms with Crippen molar-refractivity contribution in [2.75, 3.05) is 56.4 Å². The van der Waals surface area contributed by atoms with Gasteiger partial charge in [-0.1, -0.05) is 12.5 Å². The molecule has 2 aromatic carbocycles. The SMILES string of the molecule is CN(C)c1cccc(C(=O)Nc2cc(S(=O)(=O)N3CCCCC3)ccc2N(C)C)c1. The number of benzene rings is 2. The van der Waals surface area contributed by atoms with E-state index in [1.54, 1.807) is 30.3 Å². The molecule has 7 nitrogen and oxygen atoms in total. The van der Waals surface area contributed by atoms with Gasteiger partial charge < -0.3 is 15.1 Å². The van der Waals surface area contributed by atoms with Crippen molar-refractivity contribution in [1.29, 1.82) is 0 Å². The molecule has 0 bridgehead atoms. The van der Waals surface area contributed by atoms with Gasteiger partial charge in [0, 0.05) is 52.5 Å². The summed E-state index contributed by atoms with van der Waals surface area (Å²) in [6.07, 6.45) is 2.81. The first kappa shape index (κ1) is 22.1. The fourth-order valence-corrected chi connectivity index (χ4v) is 5.08. The molecule has 1 aliphatic heterocycles. The maximum absolute atomic E-state index is 13.1. The summed E-state index contributed by atoms with van der Waals surface area (Å²) in [5.41, 5.74) is 2.63. The van der Waals surface area contributed by atoms with E-state index in [2.05, 4.69) is 5.32 Å². The van der Waals surface area contributed by atoms with Crippen molar-refractivity contribution < 1.29 is 13.2 Å². The molecular formula is C22H30N4O3S. The summed E-state index contributed by atoms with van der Waals surface area (Å²) >= 11 is 0. The van der Waals surface area contributed by atoms with Gasteiger partial charge in [0.15, 0.2) is 0 Å². The zero-order valence-corrected chi connectivity index (χ0v) is 18.9. The standard InChI is InChI=1S/C22H30N4O3S/c1-24(2)18-10-8-9-17(15-18)22(27)23-20-16-19(11-12-21(20)25(3)4)30(28,29)26-13-6-5-7-14-26/h8-12,15-16H,5-7,13-14H2,1-4H3,(H,23,27). The smallest absolute Gasteiger partial charge is 0.255 e. The minimum Gasteiger partial charge on any atom is -0.378 e. The Kier molecular flexibility index (Phi) is 6.67. The lowest BCUT2D eigenvalue weighted by atomic mass is 10.1. The summed E-state index contributed by atoms with van der Waals surface area (Å²) in [6, 6.07) is 12.2. The van der Waals surface area contributed by atoms with Crippen molar-refractivity contribution in [2.24, 2.45) is 0 Å². The van der Waals surface area contributed by atoms with Crippen molar-refractivity contribution in [3.05, 3.63) is 48.0 Å². The molecule has 0 spiro atoms. The highest BCUT2D eigenvalue weighted by Gasteiger charge is 2.27. The average molecular weight is 431 g/mol. The van der Waals surface area contributed by atoms with E-state index in [1.807, 2.05) is 50.1 Å². The molecule has 1 saturated heterocycles. The molecule has 162 valence electrons. The number of sulfonamides is 1. The van der Waals surface area contributed by atoms with E-state index in [-0.39, 0.29) is 10.8 Å². The summed E-state index contributed by atoms with van der Waals surface area (Å²) in [4.78, 5) is 16.9. The van der Waals surface area contributed by atoms with Crippen LogP contribution >= 0.6 is 0 Å². The first-order chi connectivity index (χ1) is 14.2. The van der Waals surface area contributed by atoms with Crippen LogP contribution in [0.15, 0.2) is 47.4 Å². The van der Waals surface area contributed by atoms with Gasteiger partial charge in [-0.05, 0) is 49.2 Å². The maximum atomic E-state index is 13.1. The van der Waals surface area contributed by atoms with E-state index in [1.165, 1.54) is 4.31 Å². The molecule has 1 amide bonds. The van der Waals surface area contributed by atoms with Crippen LogP contribution in [0.5, 0.6) is 0 Å². The zero-order chi connectivity index (χ0) is 21.9. The highest BCUT2D eigenvalue weighted by Crippen LogP contribution is 2.30. The van der Waals surface area contributed by atoms with Crippen molar-refractivity contribution in [2.45, 2.75) is 24.2 Å². The Morgan fingerprint density at radius 2 is 1.63 bits per heavy atom. The van der Waals surface area contributed by atoms with Crippen LogP contribution < -0.4 is 15.1 Å². The topological polar surface area (TPSA) is 73.0 Å². The molecule has 0 aromatic heterocycles. The number of hydrogen-bond acceptors (Lipinski definition) is 5. The van der Waals surface area contributed by atoms with Gasteiger partial charge in [0.1, 0.15) is 0 Å². The van der Waals surface area contributed by atoms with Crippen LogP contribution in [-0.2, 0) is 10.0 Å². The van der Waals surface area contributed by atoms with Gasteiger partial charge in [0.25, 0.3) is 5.91 Å². The first-order valence-corrected chi connectivity index (χ1v) is 11.5. The molecule has 1 N–H and O–H groups in total. The Morgan fingerprint density at radius 1 is 0.933 bits per heavy atom. The molecule has 3 rings (SSSR count). The predicted octanol–water partition coefficient (Wildman–Crippen LogP) is 3.25. The second kappa shape index (κ2) is 9.06. The summed E-state index contributed by atoms with van der Waals surface area (Å²) in [6.45, 7) is 1.08. The third-order valence-electron chi connectivity index (χ3n) is 5.28. The number of amides is 1. The number of anilines is 3. The number of carbonyl (C=O) groups excluding carboxylic acids is 1. The number of nitrogens with zero attached hydrogens (tertiary/aromatic N) is 3. The van der Waals surface area contributed by atoms with E-state index >= 15 is 0 Å². The van der Waals surface area contributed by atoms with Crippen LogP contribution in [-0.4, -0.2) is 59.9 Å². The Bertz CT molecular complexity index is 1010. The van der Waals surface area contributed by atoms with Gasteiger partial charge in [-0.3, -0.25) is 4.79 Å². The third-order valence-corrected chi connectivity index (χ3v) is 7.17. The maximum Gasteiger partial charge on any atom is 0.255 e. The Morgan fingerprint density at radius 3 is 2.27 bits per heavy atom. The summed E-state index contributed by atoms with van der Waals surface area (Å²) in [5, 5.41) is 2.91. The Hall–Kier alpha value is -2.58. The van der Waals surface area contributed by atoms with Crippen molar-refractivity contribution in [1.82, 2.24) is 4.31 Å². The zero-order valence-electron chi connectivity index (χ0n) is 18.1. The van der Waals surface area contributed by atoms with Crippen LogP contribution in [0.2, 0.25) is 0 Å². The lowest BCUT2D eigenvalue weighted by Crippen LogP contribution is -2.35. The molecule has 0 atom stereocenters. The van der Waals surface area contributed by atoms with Crippen molar-refractivity contribution in [3.8, 4) is 0 Å². The normalized spacial score (nSPS) is 14.9. The van der Waals surface area contributed by atoms with Gasteiger partial charge in [-0.2, -0.15) is 4.31 Å². The van der Waals surface area contributed by atoms with Gasteiger partial charge in [0.2, 0.25) is 10.0 Å². The van der Waals surface area contributed by atoms with E-state index < -0.39 is 10.0 Å². The molecule has 0 aliphatic carbocycles. The largest absolute Gasteiger partial charge is 0.378 e. The predicted molar refractivity (Wildman–Crippen MR) is 122 cm³/mol. The summed E-state index contributed by atoms with van der Waals surface area (Å²) < 4.78 is 27.7. The molecule has 1 fully saturated rings. The van der Waals surface area contributed by atoms with Crippen LogP contribution in [0.4, 0.5) is 17.1 Å². The minimum absolute atomic E-state index is 0.201. The average Bonchev–Trinajstić information content (AvgIpc) is 2.74. The van der Waals surface area contributed by atoms with Crippen LogP contribution in [0.25, 0.3) is 0 Å². The molecule has 1 heterocycles. The minimum atomic E-state index is -3.59. The van der Waals surface area contributed by atoms with Crippen LogP contribution in [0.1, 0.15) is 29.6 Å². The molecule has 30 heavy (non-hydrogen) atoms. The highest BCUT2D eigenvalue weighted by molar-refractivity contribution is 7.89. The van der Waals surface area contributed by atoms with Crippen LogP contribution in [0.3, 0.4) is 0 Å². The molecule has 1 aliphatic rings. The highest BCUT2D eigenvalue weighted by atomic mass is 32.2. The Balaban J connectivity index is 1.93. The summed E-state index contributed by atoms with van der Waals surface area (Å²) in [5.74, 6) is -0.283. The lowest BCUT2D eigenvalue weighted by Gasteiger charge is -2.26. The Labute approximate surface area is 179 Å². The van der Waals surface area contributed by atoms with Gasteiger partial charge in [-0.25, -0.2) is 8.42 Å². The van der Waals surface area contributed by atoms with Crippen LogP contribution in [0, 0.1) is 0 Å². The molecule has 8 heteroatoms. The fraction of sp³-hybridized carbons (Fsp3) is 0.409. The number of carbonyl (C=O) groups is 1. The number of piperidine rings is 1. The van der Waals surface area contributed by atoms with Gasteiger partial charge in [-0.15, -0.1) is 0 Å². The molecule has 0 saturated carbocycles. The van der Waals surface area contributed by atoms with E-state index in [9.17, 15) is 13.2 Å². The van der Waals surface area contributed by atoms with E-state index in [0.29, 0.717) is 24.3 Å². The second-order valence-electron chi connectivity index (χ2n) is 7.94. The third kappa shape index (κ3) is 4.76. The number of hydrogen-bond donors (Lipinski definition) is 1. The fourth-order valence-electron chi connectivity index (χ4n) is 3.54. The van der Waals surface area contributed by atoms with Gasteiger partial charge >= 0.3 is 0 Å². The van der Waals surface area contributed by atoms with Crippen molar-refractivity contribution >= 4 is 33.0 Å². The summed E-state index contributed by atoms with van der Waals surface area (Å²) in [7, 11) is 3.95. The van der Waals surface area contributed by atoms with Crippen molar-refractivity contribution in [3.63, 3.8) is 0 Å². The lowest BCUT2D eigenvalue weighted by molar-refractivity contribution is 0.102. The monoisotopic (exact) mass is 430 g/mol. The number of nitrogens with one attached hydrogen (secondary N) is 1. The second-order valence-corrected chi connectivity index (χ2v) is 9.87. The molecule has 2 aromatic rings. The van der Waals surface area contributed by atoms with E-state index in [4.69, 9.17) is 0 Å². The molecule has 0 unspecified atom stereocenters. The first-order valence-electron chi connectivity index (χ1n) is 10.1. The van der Waals surface area contributed by atoms with Gasteiger partial charge in [0.05, 0.1) is 16.3 Å².